The predicted molar refractivity (Wildman–Crippen MR) is 96.7 cm³/mol. The van der Waals surface area contributed by atoms with E-state index in [0.29, 0.717) is 29.5 Å². The number of nitro groups is 1. The number of carbonyl (C=O) groups is 1. The van der Waals surface area contributed by atoms with Crippen molar-refractivity contribution >= 4 is 23.4 Å². The highest BCUT2D eigenvalue weighted by Gasteiger charge is 2.22. The Bertz CT molecular complexity index is 584. The van der Waals surface area contributed by atoms with Crippen LogP contribution in [0.4, 0.5) is 5.69 Å². The average molecular weight is 351 g/mol. The second kappa shape index (κ2) is 9.03. The van der Waals surface area contributed by atoms with Crippen molar-refractivity contribution in [2.75, 3.05) is 31.9 Å². The van der Waals surface area contributed by atoms with E-state index in [2.05, 4.69) is 19.2 Å². The van der Waals surface area contributed by atoms with E-state index in [1.54, 1.807) is 17.0 Å². The van der Waals surface area contributed by atoms with Crippen LogP contribution in [0.1, 0.15) is 37.0 Å². The van der Waals surface area contributed by atoms with Crippen LogP contribution in [0.25, 0.3) is 0 Å². The largest absolute Gasteiger partial charge is 0.337 e. The SMILES string of the molecule is CC(C)CCSc1ccc(C(=O)N2CCCNCC2)cc1[N+](=O)[O-]. The molecule has 132 valence electrons. The third-order valence-corrected chi connectivity index (χ3v) is 5.08. The summed E-state index contributed by atoms with van der Waals surface area (Å²) in [7, 11) is 0. The highest BCUT2D eigenvalue weighted by Crippen LogP contribution is 2.31. The van der Waals surface area contributed by atoms with Gasteiger partial charge in [0.05, 0.1) is 9.82 Å². The summed E-state index contributed by atoms with van der Waals surface area (Å²) in [4.78, 5) is 26.0. The minimum atomic E-state index is -0.390. The molecule has 7 heteroatoms. The quantitative estimate of drug-likeness (QED) is 0.484. The van der Waals surface area contributed by atoms with Gasteiger partial charge in [0, 0.05) is 31.3 Å². The second-order valence-corrected chi connectivity index (χ2v) is 7.50. The molecule has 1 aliphatic heterocycles. The van der Waals surface area contributed by atoms with E-state index in [4.69, 9.17) is 0 Å². The molecule has 1 fully saturated rings. The van der Waals surface area contributed by atoms with Gasteiger partial charge in [-0.15, -0.1) is 11.8 Å². The Labute approximate surface area is 147 Å². The van der Waals surface area contributed by atoms with Gasteiger partial charge in [-0.25, -0.2) is 0 Å². The van der Waals surface area contributed by atoms with E-state index < -0.39 is 4.92 Å². The lowest BCUT2D eigenvalue weighted by molar-refractivity contribution is -0.387. The summed E-state index contributed by atoms with van der Waals surface area (Å²) in [6.45, 7) is 7.24. The van der Waals surface area contributed by atoms with Gasteiger partial charge in [-0.1, -0.05) is 13.8 Å². The van der Waals surface area contributed by atoms with Crippen molar-refractivity contribution in [3.8, 4) is 0 Å². The predicted octanol–water partition coefficient (Wildman–Crippen LogP) is 3.17. The van der Waals surface area contributed by atoms with Crippen LogP contribution in [0.3, 0.4) is 0 Å². The standard InChI is InChI=1S/C17H25N3O3S/c1-13(2)6-11-24-16-5-4-14(12-15(16)20(22)23)17(21)19-9-3-7-18-8-10-19/h4-5,12-13,18H,3,6-11H2,1-2H3. The number of nitro benzene ring substituents is 1. The molecule has 1 amide bonds. The fourth-order valence-corrected chi connectivity index (χ4v) is 3.81. The zero-order valence-corrected chi connectivity index (χ0v) is 15.1. The van der Waals surface area contributed by atoms with E-state index in [9.17, 15) is 14.9 Å². The molecule has 0 unspecified atom stereocenters. The monoisotopic (exact) mass is 351 g/mol. The van der Waals surface area contributed by atoms with Gasteiger partial charge in [0.2, 0.25) is 0 Å². The number of carbonyl (C=O) groups excluding carboxylic acids is 1. The van der Waals surface area contributed by atoms with Gasteiger partial charge < -0.3 is 10.2 Å². The lowest BCUT2D eigenvalue weighted by Crippen LogP contribution is -2.34. The van der Waals surface area contributed by atoms with Gasteiger partial charge in [0.15, 0.2) is 0 Å². The van der Waals surface area contributed by atoms with Crippen LogP contribution in [0.15, 0.2) is 23.1 Å². The molecule has 1 aromatic carbocycles. The summed E-state index contributed by atoms with van der Waals surface area (Å²) in [6, 6.07) is 4.86. The van der Waals surface area contributed by atoms with Crippen molar-refractivity contribution in [2.45, 2.75) is 31.6 Å². The van der Waals surface area contributed by atoms with Crippen LogP contribution in [0, 0.1) is 16.0 Å². The Morgan fingerprint density at radius 3 is 2.88 bits per heavy atom. The minimum Gasteiger partial charge on any atom is -0.337 e. The molecule has 6 nitrogen and oxygen atoms in total. The average Bonchev–Trinajstić information content (AvgIpc) is 2.83. The summed E-state index contributed by atoms with van der Waals surface area (Å²) >= 11 is 1.49. The second-order valence-electron chi connectivity index (χ2n) is 6.37. The molecule has 0 saturated carbocycles. The first-order valence-corrected chi connectivity index (χ1v) is 9.39. The number of amides is 1. The van der Waals surface area contributed by atoms with Crippen LogP contribution in [0.2, 0.25) is 0 Å². The number of nitrogens with one attached hydrogen (secondary N) is 1. The van der Waals surface area contributed by atoms with E-state index in [-0.39, 0.29) is 11.6 Å². The highest BCUT2D eigenvalue weighted by molar-refractivity contribution is 7.99. The van der Waals surface area contributed by atoms with E-state index in [0.717, 1.165) is 31.7 Å². The topological polar surface area (TPSA) is 75.5 Å². The van der Waals surface area contributed by atoms with Crippen LogP contribution in [0.5, 0.6) is 0 Å². The van der Waals surface area contributed by atoms with Crippen molar-refractivity contribution in [3.05, 3.63) is 33.9 Å². The normalized spacial score (nSPS) is 15.4. The molecule has 0 atom stereocenters. The zero-order chi connectivity index (χ0) is 17.5. The first-order valence-electron chi connectivity index (χ1n) is 8.40. The van der Waals surface area contributed by atoms with E-state index >= 15 is 0 Å². The number of hydrogen-bond donors (Lipinski definition) is 1. The van der Waals surface area contributed by atoms with Gasteiger partial charge in [0.25, 0.3) is 11.6 Å². The summed E-state index contributed by atoms with van der Waals surface area (Å²) in [5.41, 5.74) is 0.430. The first kappa shape index (κ1) is 18.7. The molecule has 0 bridgehead atoms. The molecule has 0 spiro atoms. The molecular formula is C17H25N3O3S. The maximum Gasteiger partial charge on any atom is 0.283 e. The number of hydrogen-bond acceptors (Lipinski definition) is 5. The van der Waals surface area contributed by atoms with Crippen molar-refractivity contribution in [2.24, 2.45) is 5.92 Å². The van der Waals surface area contributed by atoms with Crippen molar-refractivity contribution in [1.82, 2.24) is 10.2 Å². The van der Waals surface area contributed by atoms with E-state index in [1.807, 2.05) is 0 Å². The maximum absolute atomic E-state index is 12.6. The molecule has 1 aromatic rings. The van der Waals surface area contributed by atoms with Crippen LogP contribution < -0.4 is 5.32 Å². The lowest BCUT2D eigenvalue weighted by Gasteiger charge is -2.20. The molecule has 1 aliphatic rings. The van der Waals surface area contributed by atoms with E-state index in [1.165, 1.54) is 17.8 Å². The Morgan fingerprint density at radius 2 is 2.17 bits per heavy atom. The molecule has 24 heavy (non-hydrogen) atoms. The molecule has 2 rings (SSSR count). The molecule has 1 N–H and O–H groups in total. The van der Waals surface area contributed by atoms with Crippen molar-refractivity contribution < 1.29 is 9.72 Å². The maximum atomic E-state index is 12.6. The molecule has 1 heterocycles. The minimum absolute atomic E-state index is 0.0301. The van der Waals surface area contributed by atoms with Crippen LogP contribution in [-0.2, 0) is 0 Å². The Kier molecular flexibility index (Phi) is 7.05. The van der Waals surface area contributed by atoms with Crippen LogP contribution in [-0.4, -0.2) is 47.7 Å². The summed E-state index contributed by atoms with van der Waals surface area (Å²) < 4.78 is 0. The number of nitrogens with zero attached hydrogens (tertiary/aromatic N) is 2. The fourth-order valence-electron chi connectivity index (χ4n) is 2.55. The van der Waals surface area contributed by atoms with Gasteiger partial charge >= 0.3 is 0 Å². The molecule has 0 aromatic heterocycles. The smallest absolute Gasteiger partial charge is 0.283 e. The number of thioether (sulfide) groups is 1. The lowest BCUT2D eigenvalue weighted by atomic mass is 10.1. The fraction of sp³-hybridized carbons (Fsp3) is 0.588. The third-order valence-electron chi connectivity index (χ3n) is 3.98. The van der Waals surface area contributed by atoms with Crippen LogP contribution >= 0.6 is 11.8 Å². The number of rotatable bonds is 6. The van der Waals surface area contributed by atoms with Crippen molar-refractivity contribution in [3.63, 3.8) is 0 Å². The molecular weight excluding hydrogens is 326 g/mol. The van der Waals surface area contributed by atoms with Crippen molar-refractivity contribution in [1.29, 1.82) is 0 Å². The number of benzene rings is 1. The Morgan fingerprint density at radius 1 is 1.38 bits per heavy atom. The highest BCUT2D eigenvalue weighted by atomic mass is 32.2. The first-order chi connectivity index (χ1) is 11.5. The van der Waals surface area contributed by atoms with Gasteiger partial charge in [0.1, 0.15) is 0 Å². The summed E-state index contributed by atoms with van der Waals surface area (Å²) in [5.74, 6) is 1.28. The molecule has 0 radical (unpaired) electrons. The summed E-state index contributed by atoms with van der Waals surface area (Å²) in [6.07, 6.45) is 1.90. The van der Waals surface area contributed by atoms with Gasteiger partial charge in [-0.05, 0) is 43.2 Å². The third kappa shape index (κ3) is 5.21. The molecule has 0 aliphatic carbocycles. The Hall–Kier alpha value is -1.60. The van der Waals surface area contributed by atoms with Gasteiger partial charge in [-0.2, -0.15) is 0 Å². The molecule has 1 saturated heterocycles. The van der Waals surface area contributed by atoms with Gasteiger partial charge in [-0.3, -0.25) is 14.9 Å². The Balaban J connectivity index is 2.14. The summed E-state index contributed by atoms with van der Waals surface area (Å²) in [5, 5.41) is 14.6. The zero-order valence-electron chi connectivity index (χ0n) is 14.3.